The van der Waals surface area contributed by atoms with Gasteiger partial charge in [-0.15, -0.1) is 0 Å². The van der Waals surface area contributed by atoms with Crippen molar-refractivity contribution in [2.45, 2.75) is 45.6 Å². The first kappa shape index (κ1) is 10.9. The van der Waals surface area contributed by atoms with Gasteiger partial charge in [0.15, 0.2) is 0 Å². The minimum Gasteiger partial charge on any atom is -0.339 e. The zero-order valence-corrected chi connectivity index (χ0v) is 10.0. The first-order valence-electron chi connectivity index (χ1n) is 5.90. The van der Waals surface area contributed by atoms with E-state index in [1.54, 1.807) is 0 Å². The van der Waals surface area contributed by atoms with Crippen LogP contribution < -0.4 is 5.73 Å². The lowest BCUT2D eigenvalue weighted by Gasteiger charge is -2.47. The molecule has 1 unspecified atom stereocenters. The van der Waals surface area contributed by atoms with E-state index in [4.69, 9.17) is 5.73 Å². The SMILES string of the molecule is CC1(N)CN(C(=O)C2CCCC2(C)C)C1. The molecule has 3 heteroatoms. The molecular formula is C12H22N2O. The molecule has 2 fully saturated rings. The maximum atomic E-state index is 12.2. The third-order valence-electron chi connectivity index (χ3n) is 3.97. The first-order valence-corrected chi connectivity index (χ1v) is 5.90. The number of amides is 1. The molecule has 1 aliphatic carbocycles. The maximum absolute atomic E-state index is 12.2. The minimum absolute atomic E-state index is 0.140. The van der Waals surface area contributed by atoms with E-state index in [-0.39, 0.29) is 16.9 Å². The van der Waals surface area contributed by atoms with E-state index < -0.39 is 0 Å². The van der Waals surface area contributed by atoms with Crippen LogP contribution >= 0.6 is 0 Å². The summed E-state index contributed by atoms with van der Waals surface area (Å²) in [5.74, 6) is 0.564. The lowest BCUT2D eigenvalue weighted by Crippen LogP contribution is -2.67. The molecule has 3 nitrogen and oxygen atoms in total. The predicted octanol–water partition coefficient (Wildman–Crippen LogP) is 1.37. The Bertz CT molecular complexity index is 275. The molecule has 0 aromatic carbocycles. The van der Waals surface area contributed by atoms with Gasteiger partial charge in [-0.2, -0.15) is 0 Å². The number of nitrogens with two attached hydrogens (primary N) is 1. The summed E-state index contributed by atoms with van der Waals surface area (Å²) in [5.41, 5.74) is 5.97. The van der Waals surface area contributed by atoms with Crippen molar-refractivity contribution < 1.29 is 4.79 Å². The van der Waals surface area contributed by atoms with Crippen molar-refractivity contribution in [3.05, 3.63) is 0 Å². The monoisotopic (exact) mass is 210 g/mol. The van der Waals surface area contributed by atoms with E-state index in [1.807, 2.05) is 11.8 Å². The Balaban J connectivity index is 1.98. The minimum atomic E-state index is -0.140. The van der Waals surface area contributed by atoms with Crippen molar-refractivity contribution in [1.82, 2.24) is 4.90 Å². The van der Waals surface area contributed by atoms with E-state index >= 15 is 0 Å². The fourth-order valence-corrected chi connectivity index (χ4v) is 2.99. The number of hydrogen-bond donors (Lipinski definition) is 1. The van der Waals surface area contributed by atoms with Gasteiger partial charge in [0.05, 0.1) is 0 Å². The van der Waals surface area contributed by atoms with Crippen molar-refractivity contribution in [3.8, 4) is 0 Å². The second-order valence-electron chi connectivity index (χ2n) is 6.28. The Kier molecular flexibility index (Phi) is 2.34. The summed E-state index contributed by atoms with van der Waals surface area (Å²) >= 11 is 0. The highest BCUT2D eigenvalue weighted by atomic mass is 16.2. The van der Waals surface area contributed by atoms with Gasteiger partial charge in [-0.25, -0.2) is 0 Å². The van der Waals surface area contributed by atoms with Gasteiger partial charge in [0.2, 0.25) is 5.91 Å². The van der Waals surface area contributed by atoms with Crippen LogP contribution in [0.15, 0.2) is 0 Å². The van der Waals surface area contributed by atoms with E-state index in [0.717, 1.165) is 19.5 Å². The fourth-order valence-electron chi connectivity index (χ4n) is 2.99. The molecule has 2 rings (SSSR count). The van der Waals surface area contributed by atoms with Gasteiger partial charge in [0.1, 0.15) is 0 Å². The van der Waals surface area contributed by atoms with Crippen LogP contribution in [-0.2, 0) is 4.79 Å². The molecule has 0 aromatic rings. The molecule has 0 spiro atoms. The van der Waals surface area contributed by atoms with Crippen LogP contribution in [0.5, 0.6) is 0 Å². The third kappa shape index (κ3) is 1.89. The molecule has 1 heterocycles. The first-order chi connectivity index (χ1) is 6.82. The highest BCUT2D eigenvalue weighted by molar-refractivity contribution is 5.81. The third-order valence-corrected chi connectivity index (χ3v) is 3.97. The molecule has 1 amide bonds. The normalized spacial score (nSPS) is 32.5. The second-order valence-corrected chi connectivity index (χ2v) is 6.28. The van der Waals surface area contributed by atoms with Gasteiger partial charge in [-0.1, -0.05) is 20.3 Å². The Morgan fingerprint density at radius 1 is 1.33 bits per heavy atom. The van der Waals surface area contributed by atoms with Crippen LogP contribution in [0.1, 0.15) is 40.0 Å². The summed E-state index contributed by atoms with van der Waals surface area (Å²) in [6, 6.07) is 0. The number of nitrogens with zero attached hydrogens (tertiary/aromatic N) is 1. The molecule has 2 aliphatic rings. The highest BCUT2D eigenvalue weighted by Crippen LogP contribution is 2.44. The topological polar surface area (TPSA) is 46.3 Å². The van der Waals surface area contributed by atoms with Crippen molar-refractivity contribution in [2.75, 3.05) is 13.1 Å². The number of likely N-dealkylation sites (tertiary alicyclic amines) is 1. The summed E-state index contributed by atoms with van der Waals surface area (Å²) in [7, 11) is 0. The molecular weight excluding hydrogens is 188 g/mol. The fraction of sp³-hybridized carbons (Fsp3) is 0.917. The Hall–Kier alpha value is -0.570. The van der Waals surface area contributed by atoms with Crippen LogP contribution in [0.3, 0.4) is 0 Å². The molecule has 1 atom stereocenters. The maximum Gasteiger partial charge on any atom is 0.226 e. The molecule has 0 aromatic heterocycles. The lowest BCUT2D eigenvalue weighted by atomic mass is 9.79. The zero-order chi connectivity index (χ0) is 11.3. The summed E-state index contributed by atoms with van der Waals surface area (Å²) < 4.78 is 0. The number of hydrogen-bond acceptors (Lipinski definition) is 2. The number of rotatable bonds is 1. The van der Waals surface area contributed by atoms with Crippen LogP contribution in [0.2, 0.25) is 0 Å². The zero-order valence-electron chi connectivity index (χ0n) is 10.0. The summed E-state index contributed by atoms with van der Waals surface area (Å²) in [5, 5.41) is 0. The largest absolute Gasteiger partial charge is 0.339 e. The number of carbonyl (C=O) groups excluding carboxylic acids is 1. The van der Waals surface area contributed by atoms with Crippen LogP contribution in [0, 0.1) is 11.3 Å². The van der Waals surface area contributed by atoms with Gasteiger partial charge in [0.25, 0.3) is 0 Å². The van der Waals surface area contributed by atoms with Crippen molar-refractivity contribution in [2.24, 2.45) is 17.1 Å². The molecule has 1 saturated carbocycles. The van der Waals surface area contributed by atoms with Gasteiger partial charge in [-0.3, -0.25) is 4.79 Å². The van der Waals surface area contributed by atoms with Crippen LogP contribution in [-0.4, -0.2) is 29.4 Å². The van der Waals surface area contributed by atoms with Crippen molar-refractivity contribution >= 4 is 5.91 Å². The average molecular weight is 210 g/mol. The van der Waals surface area contributed by atoms with Crippen molar-refractivity contribution in [3.63, 3.8) is 0 Å². The predicted molar refractivity (Wildman–Crippen MR) is 60.3 cm³/mol. The van der Waals surface area contributed by atoms with Crippen LogP contribution in [0.4, 0.5) is 0 Å². The Morgan fingerprint density at radius 2 is 1.93 bits per heavy atom. The Labute approximate surface area is 92.0 Å². The molecule has 15 heavy (non-hydrogen) atoms. The lowest BCUT2D eigenvalue weighted by molar-refractivity contribution is -0.145. The molecule has 86 valence electrons. The highest BCUT2D eigenvalue weighted by Gasteiger charge is 2.46. The van der Waals surface area contributed by atoms with Crippen molar-refractivity contribution in [1.29, 1.82) is 0 Å². The number of carbonyl (C=O) groups is 1. The van der Waals surface area contributed by atoms with E-state index in [2.05, 4.69) is 13.8 Å². The smallest absolute Gasteiger partial charge is 0.226 e. The van der Waals surface area contributed by atoms with E-state index in [0.29, 0.717) is 5.91 Å². The van der Waals surface area contributed by atoms with Gasteiger partial charge >= 0.3 is 0 Å². The summed E-state index contributed by atoms with van der Waals surface area (Å²) in [6.45, 7) is 7.90. The van der Waals surface area contributed by atoms with Crippen LogP contribution in [0.25, 0.3) is 0 Å². The molecule has 1 aliphatic heterocycles. The standard InChI is InChI=1S/C12H22N2O/c1-11(2)6-4-5-9(11)10(15)14-7-12(3,13)8-14/h9H,4-8,13H2,1-3H3. The molecule has 0 radical (unpaired) electrons. The summed E-state index contributed by atoms with van der Waals surface area (Å²) in [4.78, 5) is 14.1. The quantitative estimate of drug-likeness (QED) is 0.710. The van der Waals surface area contributed by atoms with Gasteiger partial charge < -0.3 is 10.6 Å². The molecule has 1 saturated heterocycles. The van der Waals surface area contributed by atoms with Gasteiger partial charge in [0, 0.05) is 24.5 Å². The average Bonchev–Trinajstić information content (AvgIpc) is 2.39. The molecule has 0 bridgehead atoms. The molecule has 2 N–H and O–H groups in total. The van der Waals surface area contributed by atoms with E-state index in [9.17, 15) is 4.79 Å². The van der Waals surface area contributed by atoms with E-state index in [1.165, 1.54) is 12.8 Å². The summed E-state index contributed by atoms with van der Waals surface area (Å²) in [6.07, 6.45) is 3.43. The van der Waals surface area contributed by atoms with Gasteiger partial charge in [-0.05, 0) is 25.2 Å². The second kappa shape index (κ2) is 3.21. The Morgan fingerprint density at radius 3 is 2.33 bits per heavy atom.